The van der Waals surface area contributed by atoms with Crippen LogP contribution in [0.3, 0.4) is 0 Å². The number of hydrogen-bond donors (Lipinski definition) is 0. The molecule has 0 radical (unpaired) electrons. The predicted octanol–water partition coefficient (Wildman–Crippen LogP) is 21.0. The van der Waals surface area contributed by atoms with Gasteiger partial charge in [0.1, 0.15) is 20.2 Å². The molecule has 0 bridgehead atoms. The van der Waals surface area contributed by atoms with Crippen LogP contribution in [0, 0.1) is 0 Å². The van der Waals surface area contributed by atoms with Gasteiger partial charge in [-0.25, -0.2) is 16.8 Å². The molecule has 4 rings (SSSR count). The van der Waals surface area contributed by atoms with Crippen molar-refractivity contribution in [2.75, 3.05) is 0 Å². The Hall–Kier alpha value is -1.21. The van der Waals surface area contributed by atoms with Gasteiger partial charge in [0.15, 0.2) is 0 Å². The van der Waals surface area contributed by atoms with Crippen molar-refractivity contribution in [1.29, 1.82) is 0 Å². The van der Waals surface area contributed by atoms with E-state index >= 15 is 0 Å². The van der Waals surface area contributed by atoms with E-state index in [4.69, 9.17) is 0 Å². The fourth-order valence-corrected chi connectivity index (χ4v) is 12.3. The zero-order chi connectivity index (χ0) is 55.0. The summed E-state index contributed by atoms with van der Waals surface area (Å²) < 4.78 is 70.4. The zero-order valence-electron chi connectivity index (χ0n) is 49.9. The van der Waals surface area contributed by atoms with Crippen molar-refractivity contribution in [3.05, 3.63) is 82.9 Å². The summed E-state index contributed by atoms with van der Waals surface area (Å²) in [5.74, 6) is 0. The number of hydrogen-bond acceptors (Lipinski definition) is 6. The van der Waals surface area contributed by atoms with Gasteiger partial charge >= 0.3 is 48.9 Å². The van der Waals surface area contributed by atoms with E-state index in [0.717, 1.165) is 72.9 Å². The molecule has 6 nitrogen and oxygen atoms in total. The molecule has 0 unspecified atom stereocenters. The molecule has 0 saturated heterocycles. The third kappa shape index (κ3) is 32.3. The summed E-state index contributed by atoms with van der Waals surface area (Å²) >= 11 is 0. The first-order chi connectivity index (χ1) is 36.9. The molecule has 4 aromatic rings. The molecule has 0 saturated carbocycles. The molecule has 0 fully saturated rings. The summed E-state index contributed by atoms with van der Waals surface area (Å²) in [7, 11) is -8.91. The second kappa shape index (κ2) is 45.3. The Morgan fingerprint density at radius 2 is 0.442 bits per heavy atom. The van der Waals surface area contributed by atoms with Crippen LogP contribution in [0.1, 0.15) is 307 Å². The molecule has 0 aliphatic rings. The van der Waals surface area contributed by atoms with Crippen molar-refractivity contribution < 1.29 is 25.9 Å². The molecule has 0 heterocycles. The van der Waals surface area contributed by atoms with Crippen molar-refractivity contribution in [3.63, 3.8) is 0 Å². The smallest absolute Gasteiger partial charge is 0.744 e. The molecule has 0 N–H and O–H groups in total. The van der Waals surface area contributed by atoms with Crippen molar-refractivity contribution in [1.82, 2.24) is 0 Å². The van der Waals surface area contributed by atoms with Crippen LogP contribution in [0.2, 0.25) is 0 Å². The van der Waals surface area contributed by atoms with E-state index in [9.17, 15) is 25.9 Å². The van der Waals surface area contributed by atoms with Gasteiger partial charge in [-0.15, -0.1) is 0 Å². The van der Waals surface area contributed by atoms with Crippen LogP contribution in [0.4, 0.5) is 0 Å². The maximum Gasteiger partial charge on any atom is 2.00 e. The molecule has 0 aliphatic carbocycles. The van der Waals surface area contributed by atoms with Crippen molar-refractivity contribution in [2.45, 2.75) is 320 Å². The largest absolute Gasteiger partial charge is 2.00 e. The van der Waals surface area contributed by atoms with E-state index < -0.39 is 20.2 Å². The summed E-state index contributed by atoms with van der Waals surface area (Å²) in [6.45, 7) is 9.05. The van der Waals surface area contributed by atoms with Crippen LogP contribution in [-0.2, 0) is 45.9 Å². The molecule has 0 aromatic heterocycles. The minimum atomic E-state index is -4.46. The van der Waals surface area contributed by atoms with Crippen LogP contribution in [0.15, 0.2) is 70.5 Å². The molecule has 0 spiro atoms. The van der Waals surface area contributed by atoms with Crippen LogP contribution in [-0.4, -0.2) is 74.8 Å². The van der Waals surface area contributed by atoms with Gasteiger partial charge in [0.25, 0.3) is 0 Å². The Morgan fingerprint density at radius 1 is 0.260 bits per heavy atom. The first-order valence-electron chi connectivity index (χ1n) is 31.9. The van der Waals surface area contributed by atoms with Crippen molar-refractivity contribution >= 4 is 90.7 Å². The Morgan fingerprint density at radius 3 is 0.636 bits per heavy atom. The number of fused-ring (bicyclic) bond motifs is 2. The molecular formula is C68H110BaO6S2. The molecule has 432 valence electrons. The van der Waals surface area contributed by atoms with Gasteiger partial charge in [-0.05, 0) is 119 Å². The maximum atomic E-state index is 11.7. The SMILES string of the molecule is CCCCCCCCCCCCc1ccc(CCCCCCCCCCCC)c2cc(S(=O)(=O)[O-])ccc12.CCCCCCCCCCCCc1ccc(CCCCCCCCCCCC)c2cc(S(=O)(=O)[O-])ccc12.[Ba+2]. The van der Waals surface area contributed by atoms with Gasteiger partial charge in [-0.3, -0.25) is 0 Å². The average Bonchev–Trinajstić information content (AvgIpc) is 3.41. The number of unbranched alkanes of at least 4 members (excludes halogenated alkanes) is 36. The van der Waals surface area contributed by atoms with E-state index in [1.807, 2.05) is 12.1 Å². The van der Waals surface area contributed by atoms with Gasteiger partial charge < -0.3 is 9.11 Å². The Bertz CT molecular complexity index is 2160. The van der Waals surface area contributed by atoms with E-state index in [0.29, 0.717) is 0 Å². The van der Waals surface area contributed by atoms with Gasteiger partial charge in [-0.1, -0.05) is 295 Å². The maximum absolute atomic E-state index is 11.7. The third-order valence-corrected chi connectivity index (χ3v) is 17.8. The molecule has 9 heteroatoms. The van der Waals surface area contributed by atoms with Crippen LogP contribution < -0.4 is 0 Å². The second-order valence-corrected chi connectivity index (χ2v) is 25.6. The first-order valence-corrected chi connectivity index (χ1v) is 34.8. The van der Waals surface area contributed by atoms with Gasteiger partial charge in [0, 0.05) is 0 Å². The van der Waals surface area contributed by atoms with Gasteiger partial charge in [0.2, 0.25) is 0 Å². The molecule has 0 atom stereocenters. The van der Waals surface area contributed by atoms with E-state index in [1.165, 1.54) is 266 Å². The standard InChI is InChI=1S/2C34H56O3S.Ba/c2*1-3-5-7-9-11-13-15-17-19-21-23-30-25-26-31(24-22-20-18-16-14-12-10-8-6-4-2)34-29-32(38(35,36)37)27-28-33(30)34;/h2*25-29H,3-24H2,1-2H3,(H,35,36,37);/q;;+2/p-2. The summed E-state index contributed by atoms with van der Waals surface area (Å²) in [4.78, 5) is -0.212. The monoisotopic (exact) mass is 1220 g/mol. The van der Waals surface area contributed by atoms with Gasteiger partial charge in [-0.2, -0.15) is 0 Å². The van der Waals surface area contributed by atoms with Crippen LogP contribution in [0.5, 0.6) is 0 Å². The molecular weight excluding hydrogens is 1110 g/mol. The van der Waals surface area contributed by atoms with Crippen LogP contribution >= 0.6 is 0 Å². The fraction of sp³-hybridized carbons (Fsp3) is 0.706. The second-order valence-electron chi connectivity index (χ2n) is 22.8. The number of aryl methyl sites for hydroxylation is 4. The summed E-state index contributed by atoms with van der Waals surface area (Å²) in [6, 6.07) is 18.8. The predicted molar refractivity (Wildman–Crippen MR) is 332 cm³/mol. The average molecular weight is 1230 g/mol. The number of benzene rings is 4. The number of rotatable bonds is 46. The van der Waals surface area contributed by atoms with E-state index in [2.05, 4.69) is 52.0 Å². The van der Waals surface area contributed by atoms with Crippen molar-refractivity contribution in [2.24, 2.45) is 0 Å². The fourth-order valence-electron chi connectivity index (χ4n) is 11.3. The molecule has 0 aliphatic heterocycles. The summed E-state index contributed by atoms with van der Waals surface area (Å²) in [5.41, 5.74) is 4.91. The first kappa shape index (κ1) is 71.9. The molecule has 0 amide bonds. The zero-order valence-corrected chi connectivity index (χ0v) is 55.9. The van der Waals surface area contributed by atoms with Gasteiger partial charge in [0.05, 0.1) is 9.79 Å². The van der Waals surface area contributed by atoms with E-state index in [1.54, 1.807) is 12.1 Å². The summed E-state index contributed by atoms with van der Waals surface area (Å²) in [6.07, 6.45) is 56.3. The summed E-state index contributed by atoms with van der Waals surface area (Å²) in [5, 5.41) is 4.17. The quantitative estimate of drug-likeness (QED) is 0.0247. The minimum Gasteiger partial charge on any atom is -0.744 e. The van der Waals surface area contributed by atoms with Crippen LogP contribution in [0.25, 0.3) is 21.5 Å². The topological polar surface area (TPSA) is 114 Å². The third-order valence-electron chi connectivity index (χ3n) is 16.1. The Balaban J connectivity index is 0.000000520. The van der Waals surface area contributed by atoms with E-state index in [-0.39, 0.29) is 58.7 Å². The molecule has 4 aromatic carbocycles. The Labute approximate surface area is 514 Å². The minimum absolute atomic E-state index is 0. The molecule has 77 heavy (non-hydrogen) atoms. The Kier molecular flexibility index (Phi) is 42.3. The van der Waals surface area contributed by atoms with Crippen molar-refractivity contribution in [3.8, 4) is 0 Å². The normalized spacial score (nSPS) is 11.8.